The number of hydrogen-bond acceptors (Lipinski definition) is 7. The highest BCUT2D eigenvalue weighted by Crippen LogP contribution is 2.26. The molecule has 0 saturated carbocycles. The molecule has 0 unspecified atom stereocenters. The number of esters is 1. The zero-order valence-electron chi connectivity index (χ0n) is 12.3. The van der Waals surface area contributed by atoms with Gasteiger partial charge in [-0.3, -0.25) is 14.5 Å². The van der Waals surface area contributed by atoms with E-state index in [0.717, 1.165) is 0 Å². The van der Waals surface area contributed by atoms with Gasteiger partial charge in [0.2, 0.25) is 16.2 Å². The molecule has 2 N–H and O–H groups in total. The van der Waals surface area contributed by atoms with E-state index in [1.807, 2.05) is 0 Å². The van der Waals surface area contributed by atoms with E-state index in [0.29, 0.717) is 0 Å². The van der Waals surface area contributed by atoms with Crippen molar-refractivity contribution in [3.05, 3.63) is 0 Å². The molecule has 1 heterocycles. The summed E-state index contributed by atoms with van der Waals surface area (Å²) < 4.78 is 31.9. The molecule has 1 aliphatic heterocycles. The van der Waals surface area contributed by atoms with E-state index in [9.17, 15) is 18.0 Å². The number of carbonyl (C=O) groups is 2. The number of methoxy groups -OCH3 is 1. The van der Waals surface area contributed by atoms with E-state index in [1.54, 1.807) is 13.8 Å². The Labute approximate surface area is 124 Å². The minimum atomic E-state index is -2.54. The molecule has 120 valence electrons. The molecule has 1 rings (SSSR count). The maximum atomic E-state index is 12.5. The molecule has 0 radical (unpaired) electrons. The van der Waals surface area contributed by atoms with Gasteiger partial charge in [0.05, 0.1) is 20.3 Å². The van der Waals surface area contributed by atoms with Crippen LogP contribution >= 0.6 is 0 Å². The molecular formula is C12H20N2O6S. The van der Waals surface area contributed by atoms with E-state index in [-0.39, 0.29) is 31.2 Å². The average molecular weight is 320 g/mol. The number of amides is 1. The first-order chi connectivity index (χ1) is 9.70. The van der Waals surface area contributed by atoms with Crippen molar-refractivity contribution in [1.82, 2.24) is 4.90 Å². The van der Waals surface area contributed by atoms with Crippen molar-refractivity contribution in [2.75, 3.05) is 26.9 Å². The van der Waals surface area contributed by atoms with Gasteiger partial charge >= 0.3 is 5.97 Å². The van der Waals surface area contributed by atoms with Gasteiger partial charge in [0.1, 0.15) is 12.6 Å². The van der Waals surface area contributed by atoms with E-state index in [4.69, 9.17) is 10.5 Å². The van der Waals surface area contributed by atoms with Crippen molar-refractivity contribution in [2.45, 2.75) is 26.3 Å². The van der Waals surface area contributed by atoms with Crippen LogP contribution in [0.15, 0.2) is 0 Å². The highest BCUT2D eigenvalue weighted by Gasteiger charge is 2.38. The molecule has 0 aromatic carbocycles. The van der Waals surface area contributed by atoms with Crippen LogP contribution in [0, 0.1) is 5.41 Å². The molecular weight excluding hydrogens is 300 g/mol. The number of nitrogens with zero attached hydrogens (tertiary/aromatic N) is 1. The fourth-order valence-electron chi connectivity index (χ4n) is 2.11. The molecule has 1 aliphatic rings. The van der Waals surface area contributed by atoms with Crippen LogP contribution in [0.25, 0.3) is 0 Å². The highest BCUT2D eigenvalue weighted by molar-refractivity contribution is 7.73. The largest absolute Gasteiger partial charge is 0.468 e. The molecule has 1 fully saturated rings. The Morgan fingerprint density at radius 1 is 1.48 bits per heavy atom. The standard InChI is InChI=1S/C12H20N2O6S/c1-12(2,6-8(13)10(15)19-3)11(16)14-4-5-20-7-9(14)21(17)18/h8H,4-7,13H2,1-3H3/t8-/m0/s1. The second-order valence-electron chi connectivity index (χ2n) is 5.36. The molecule has 0 spiro atoms. The van der Waals surface area contributed by atoms with Gasteiger partial charge in [0.25, 0.3) is 0 Å². The van der Waals surface area contributed by atoms with Crippen molar-refractivity contribution in [1.29, 1.82) is 0 Å². The summed E-state index contributed by atoms with van der Waals surface area (Å²) in [5.41, 5.74) is 4.67. The van der Waals surface area contributed by atoms with Gasteiger partial charge in [-0.15, -0.1) is 0 Å². The fourth-order valence-corrected chi connectivity index (χ4v) is 2.64. The molecule has 21 heavy (non-hydrogen) atoms. The second kappa shape index (κ2) is 7.01. The van der Waals surface area contributed by atoms with Crippen LogP contribution in [0.2, 0.25) is 0 Å². The quantitative estimate of drug-likeness (QED) is 0.509. The number of ether oxygens (including phenoxy) is 2. The molecule has 0 bridgehead atoms. The smallest absolute Gasteiger partial charge is 0.322 e. The van der Waals surface area contributed by atoms with E-state index >= 15 is 0 Å². The number of rotatable bonds is 4. The highest BCUT2D eigenvalue weighted by atomic mass is 32.2. The normalized spacial score (nSPS) is 17.3. The number of hydrogen-bond donors (Lipinski definition) is 1. The molecule has 9 heteroatoms. The van der Waals surface area contributed by atoms with Gasteiger partial charge < -0.3 is 15.2 Å². The van der Waals surface area contributed by atoms with E-state index in [2.05, 4.69) is 4.74 Å². The molecule has 0 aromatic rings. The Morgan fingerprint density at radius 3 is 2.62 bits per heavy atom. The first-order valence-electron chi connectivity index (χ1n) is 6.39. The SMILES string of the molecule is COC(=O)[C@@H](N)CC(C)(C)C(=O)N1CCOCC1=S(=O)=O. The minimum Gasteiger partial charge on any atom is -0.468 e. The first-order valence-corrected chi connectivity index (χ1v) is 7.46. The average Bonchev–Trinajstić information content (AvgIpc) is 2.44. The van der Waals surface area contributed by atoms with Gasteiger partial charge in [-0.2, -0.15) is 8.42 Å². The summed E-state index contributed by atoms with van der Waals surface area (Å²) >= 11 is 0. The monoisotopic (exact) mass is 320 g/mol. The Morgan fingerprint density at radius 2 is 2.10 bits per heavy atom. The summed E-state index contributed by atoms with van der Waals surface area (Å²) in [6, 6.07) is -0.948. The third-order valence-electron chi connectivity index (χ3n) is 3.24. The lowest BCUT2D eigenvalue weighted by molar-refractivity contribution is -0.144. The zero-order valence-corrected chi connectivity index (χ0v) is 13.1. The first kappa shape index (κ1) is 17.6. The summed E-state index contributed by atoms with van der Waals surface area (Å²) in [7, 11) is -1.32. The molecule has 1 amide bonds. The maximum Gasteiger partial charge on any atom is 0.322 e. The minimum absolute atomic E-state index is 0.0502. The van der Waals surface area contributed by atoms with Crippen molar-refractivity contribution in [2.24, 2.45) is 11.1 Å². The zero-order chi connectivity index (χ0) is 16.2. The molecule has 8 nitrogen and oxygen atoms in total. The second-order valence-corrected chi connectivity index (χ2v) is 6.30. The van der Waals surface area contributed by atoms with Crippen molar-refractivity contribution < 1.29 is 27.5 Å². The summed E-state index contributed by atoms with van der Waals surface area (Å²) in [4.78, 5) is 25.0. The molecule has 1 atom stereocenters. The Bertz CT molecular complexity index is 546. The van der Waals surface area contributed by atoms with Crippen molar-refractivity contribution in [3.8, 4) is 0 Å². The third kappa shape index (κ3) is 4.26. The van der Waals surface area contributed by atoms with Crippen LogP contribution < -0.4 is 5.73 Å². The van der Waals surface area contributed by atoms with Gasteiger partial charge in [-0.1, -0.05) is 13.8 Å². The summed E-state index contributed by atoms with van der Waals surface area (Å²) in [6.45, 7) is 3.49. The van der Waals surface area contributed by atoms with E-state index < -0.39 is 33.6 Å². The molecule has 0 aromatic heterocycles. The number of nitrogens with two attached hydrogens (primary N) is 1. The van der Waals surface area contributed by atoms with Gasteiger partial charge in [0.15, 0.2) is 4.99 Å². The lowest BCUT2D eigenvalue weighted by Crippen LogP contribution is -2.52. The summed E-state index contributed by atoms with van der Waals surface area (Å²) in [6.07, 6.45) is 0.0502. The number of morpholine rings is 1. The summed E-state index contributed by atoms with van der Waals surface area (Å²) in [5, 5.41) is 0. The van der Waals surface area contributed by atoms with Crippen LogP contribution in [0.4, 0.5) is 0 Å². The Kier molecular flexibility index (Phi) is 5.87. The van der Waals surface area contributed by atoms with Crippen molar-refractivity contribution >= 4 is 27.2 Å². The predicted molar refractivity (Wildman–Crippen MR) is 74.8 cm³/mol. The Balaban J connectivity index is 2.94. The van der Waals surface area contributed by atoms with Crippen LogP contribution in [-0.4, -0.2) is 63.1 Å². The number of carbonyl (C=O) groups excluding carboxylic acids is 2. The lowest BCUT2D eigenvalue weighted by atomic mass is 9.84. The fraction of sp³-hybridized carbons (Fsp3) is 0.750. The maximum absolute atomic E-state index is 12.5. The van der Waals surface area contributed by atoms with Gasteiger partial charge in [-0.25, -0.2) is 0 Å². The van der Waals surface area contributed by atoms with Crippen LogP contribution in [0.3, 0.4) is 0 Å². The van der Waals surface area contributed by atoms with Crippen molar-refractivity contribution in [3.63, 3.8) is 0 Å². The molecule has 0 aliphatic carbocycles. The van der Waals surface area contributed by atoms with Crippen LogP contribution in [0.1, 0.15) is 20.3 Å². The topological polar surface area (TPSA) is 116 Å². The predicted octanol–water partition coefficient (Wildman–Crippen LogP) is -1.23. The van der Waals surface area contributed by atoms with E-state index in [1.165, 1.54) is 12.0 Å². The van der Waals surface area contributed by atoms with Crippen LogP contribution in [0.5, 0.6) is 0 Å². The third-order valence-corrected chi connectivity index (χ3v) is 3.96. The Hall–Kier alpha value is -1.45. The van der Waals surface area contributed by atoms with Gasteiger partial charge in [-0.05, 0) is 6.42 Å². The van der Waals surface area contributed by atoms with Gasteiger partial charge in [0, 0.05) is 5.41 Å². The lowest BCUT2D eigenvalue weighted by Gasteiger charge is -2.34. The molecule has 1 saturated heterocycles. The summed E-state index contributed by atoms with van der Waals surface area (Å²) in [5.74, 6) is -1.03. The van der Waals surface area contributed by atoms with Crippen LogP contribution in [-0.2, 0) is 29.4 Å².